The summed E-state index contributed by atoms with van der Waals surface area (Å²) in [7, 11) is 0. The van der Waals surface area contributed by atoms with E-state index >= 15 is 0 Å². The first-order chi connectivity index (χ1) is 18.4. The van der Waals surface area contributed by atoms with Gasteiger partial charge < -0.3 is 30.0 Å². The van der Waals surface area contributed by atoms with E-state index in [-0.39, 0.29) is 32.0 Å². The van der Waals surface area contributed by atoms with Gasteiger partial charge in [-0.05, 0) is 37.1 Å². The quantitative estimate of drug-likeness (QED) is 0.245. The van der Waals surface area contributed by atoms with E-state index in [1.807, 2.05) is 43.3 Å². The summed E-state index contributed by atoms with van der Waals surface area (Å²) in [6.45, 7) is 3.66. The molecule has 3 N–H and O–H groups in total. The number of nitrogens with zero attached hydrogens (tertiary/aromatic N) is 2. The lowest BCUT2D eigenvalue weighted by Crippen LogP contribution is -2.34. The summed E-state index contributed by atoms with van der Waals surface area (Å²) in [4.78, 5) is 23.5. The number of rotatable bonds is 10. The van der Waals surface area contributed by atoms with E-state index in [1.54, 1.807) is 42.2 Å². The number of thioether (sulfide) groups is 1. The van der Waals surface area contributed by atoms with Crippen LogP contribution in [0.2, 0.25) is 0 Å². The van der Waals surface area contributed by atoms with Gasteiger partial charge in [0.05, 0.1) is 25.4 Å². The topological polar surface area (TPSA) is 132 Å². The van der Waals surface area contributed by atoms with Crippen LogP contribution in [0.3, 0.4) is 0 Å². The average molecular weight is 559 g/mol. The van der Waals surface area contributed by atoms with E-state index in [0.717, 1.165) is 26.0 Å². The van der Waals surface area contributed by atoms with Gasteiger partial charge in [-0.25, -0.2) is 4.79 Å². The third kappa shape index (κ3) is 7.98. The maximum atomic E-state index is 12.1. The van der Waals surface area contributed by atoms with Crippen molar-refractivity contribution in [1.82, 2.24) is 15.5 Å². The minimum atomic E-state index is -0.611. The Hall–Kier alpha value is -3.03. The molecule has 1 aliphatic rings. The Bertz CT molecular complexity index is 1210. The highest BCUT2D eigenvalue weighted by Crippen LogP contribution is 2.39. The number of aryl methyl sites for hydroxylation is 1. The molecule has 1 aromatic heterocycles. The third-order valence-electron chi connectivity index (χ3n) is 5.65. The number of carbonyl (C=O) groups excluding carboxylic acids is 2. The average Bonchev–Trinajstić information content (AvgIpc) is 3.36. The monoisotopic (exact) mass is 558 g/mol. The maximum Gasteiger partial charge on any atom is 0.325 e. The maximum absolute atomic E-state index is 12.1. The van der Waals surface area contributed by atoms with Gasteiger partial charge in [0.15, 0.2) is 10.6 Å². The number of anilines is 1. The molecular weight excluding hydrogens is 528 g/mol. The highest BCUT2D eigenvalue weighted by Gasteiger charge is 2.32. The molecule has 1 aliphatic heterocycles. The highest BCUT2D eigenvalue weighted by molar-refractivity contribution is 8.01. The molecular formula is C26H30N4O6S2. The molecule has 3 aromatic rings. The Morgan fingerprint density at radius 2 is 1.84 bits per heavy atom. The smallest absolute Gasteiger partial charge is 0.325 e. The van der Waals surface area contributed by atoms with Crippen LogP contribution in [0.15, 0.2) is 52.9 Å². The van der Waals surface area contributed by atoms with Crippen LogP contribution in [-0.2, 0) is 25.6 Å². The first-order valence-electron chi connectivity index (χ1n) is 12.2. The number of aliphatic hydroxyl groups is 1. The van der Waals surface area contributed by atoms with Crippen molar-refractivity contribution >= 4 is 40.8 Å². The third-order valence-corrected chi connectivity index (χ3v) is 7.76. The first-order valence-corrected chi connectivity index (χ1v) is 14.0. The summed E-state index contributed by atoms with van der Waals surface area (Å²) >= 11 is 3.16. The summed E-state index contributed by atoms with van der Waals surface area (Å²) in [5.74, 6) is 0.194. The number of benzene rings is 2. The Morgan fingerprint density at radius 3 is 2.50 bits per heavy atom. The van der Waals surface area contributed by atoms with E-state index in [9.17, 15) is 14.7 Å². The Kier molecular flexibility index (Phi) is 10.1. The van der Waals surface area contributed by atoms with Gasteiger partial charge in [0, 0.05) is 23.4 Å². The summed E-state index contributed by atoms with van der Waals surface area (Å²) in [6, 6.07) is 14.4. The molecule has 0 radical (unpaired) electrons. The van der Waals surface area contributed by atoms with Gasteiger partial charge in [-0.3, -0.25) is 4.79 Å². The van der Waals surface area contributed by atoms with Gasteiger partial charge in [-0.1, -0.05) is 59.5 Å². The minimum absolute atomic E-state index is 0.0146. The van der Waals surface area contributed by atoms with Crippen LogP contribution in [0, 0.1) is 6.92 Å². The van der Waals surface area contributed by atoms with Gasteiger partial charge in [-0.2, -0.15) is 0 Å². The van der Waals surface area contributed by atoms with Gasteiger partial charge in [0.1, 0.15) is 11.6 Å². The Balaban J connectivity index is 1.42. The van der Waals surface area contributed by atoms with Crippen molar-refractivity contribution in [2.24, 2.45) is 0 Å². The second kappa shape index (κ2) is 13.7. The SMILES string of the molecule is CCOC(=O)CNC(=O)Nc1ccc([C@H]2O[C@@H](CSc3nnc(C)s3)C[C@@H](c3ccc(CO)cc3)O2)cc1. The number of ether oxygens (including phenoxy) is 3. The molecule has 0 saturated carbocycles. The van der Waals surface area contributed by atoms with Gasteiger partial charge in [0.25, 0.3) is 0 Å². The molecule has 3 atom stereocenters. The first kappa shape index (κ1) is 28.0. The lowest BCUT2D eigenvalue weighted by atomic mass is 10.0. The molecule has 38 heavy (non-hydrogen) atoms. The van der Waals surface area contributed by atoms with Crippen LogP contribution >= 0.6 is 23.1 Å². The van der Waals surface area contributed by atoms with Gasteiger partial charge in [0.2, 0.25) is 0 Å². The molecule has 4 rings (SSSR count). The van der Waals surface area contributed by atoms with Crippen LogP contribution in [-0.4, -0.2) is 52.3 Å². The molecule has 202 valence electrons. The van der Waals surface area contributed by atoms with E-state index in [4.69, 9.17) is 14.2 Å². The minimum Gasteiger partial charge on any atom is -0.465 e. The molecule has 2 aromatic carbocycles. The van der Waals surface area contributed by atoms with Crippen LogP contribution in [0.4, 0.5) is 10.5 Å². The van der Waals surface area contributed by atoms with E-state index in [1.165, 1.54) is 0 Å². The molecule has 0 spiro atoms. The van der Waals surface area contributed by atoms with E-state index in [0.29, 0.717) is 17.9 Å². The normalized spacial score (nSPS) is 19.1. The van der Waals surface area contributed by atoms with E-state index < -0.39 is 18.3 Å². The van der Waals surface area contributed by atoms with E-state index in [2.05, 4.69) is 20.8 Å². The van der Waals surface area contributed by atoms with Crippen LogP contribution < -0.4 is 10.6 Å². The van der Waals surface area contributed by atoms with Gasteiger partial charge in [-0.15, -0.1) is 10.2 Å². The van der Waals surface area contributed by atoms with Crippen molar-refractivity contribution in [3.05, 3.63) is 70.2 Å². The molecule has 0 aliphatic carbocycles. The molecule has 0 bridgehead atoms. The van der Waals surface area contributed by atoms with Crippen LogP contribution in [0.1, 0.15) is 47.4 Å². The van der Waals surface area contributed by atoms with Crippen molar-refractivity contribution in [1.29, 1.82) is 0 Å². The fourth-order valence-electron chi connectivity index (χ4n) is 3.79. The standard InChI is InChI=1S/C26H30N4O6S2/c1-3-34-23(32)13-27-25(33)28-20-10-8-19(9-11-20)24-35-21(15-37-26-30-29-16(2)38-26)12-22(36-24)18-6-4-17(14-31)5-7-18/h4-11,21-22,24,31H,3,12-15H2,1-2H3,(H2,27,28,33)/t21-,22+,24+/m1/s1. The lowest BCUT2D eigenvalue weighted by Gasteiger charge is -2.36. The Labute approximate surface area is 229 Å². The molecule has 10 nitrogen and oxygen atoms in total. The van der Waals surface area contributed by atoms with Gasteiger partial charge >= 0.3 is 12.0 Å². The number of aromatic nitrogens is 2. The fraction of sp³-hybridized carbons (Fsp3) is 0.385. The number of carbonyl (C=O) groups is 2. The number of urea groups is 1. The second-order valence-electron chi connectivity index (χ2n) is 8.48. The second-order valence-corrected chi connectivity index (χ2v) is 10.9. The Morgan fingerprint density at radius 1 is 1.11 bits per heavy atom. The van der Waals surface area contributed by atoms with Crippen LogP contribution in [0.25, 0.3) is 0 Å². The molecule has 1 fully saturated rings. The van der Waals surface area contributed by atoms with Crippen molar-refractivity contribution in [3.63, 3.8) is 0 Å². The fourth-order valence-corrected chi connectivity index (χ4v) is 5.65. The number of hydrogen-bond acceptors (Lipinski definition) is 10. The van der Waals surface area contributed by atoms with Crippen molar-refractivity contribution < 1.29 is 28.9 Å². The number of esters is 1. The zero-order valence-corrected chi connectivity index (χ0v) is 22.7. The summed E-state index contributed by atoms with van der Waals surface area (Å²) in [6.07, 6.45) is -0.244. The predicted molar refractivity (Wildman–Crippen MR) is 144 cm³/mol. The molecule has 12 heteroatoms. The summed E-state index contributed by atoms with van der Waals surface area (Å²) in [5.41, 5.74) is 3.21. The lowest BCUT2D eigenvalue weighted by molar-refractivity contribution is -0.245. The zero-order valence-electron chi connectivity index (χ0n) is 21.1. The predicted octanol–water partition coefficient (Wildman–Crippen LogP) is 4.36. The number of amides is 2. The molecule has 0 unspecified atom stereocenters. The van der Waals surface area contributed by atoms with Crippen molar-refractivity contribution in [2.75, 3.05) is 24.2 Å². The number of aliphatic hydroxyl groups excluding tert-OH is 1. The highest BCUT2D eigenvalue weighted by atomic mass is 32.2. The molecule has 1 saturated heterocycles. The van der Waals surface area contributed by atoms with Crippen molar-refractivity contribution in [3.8, 4) is 0 Å². The largest absolute Gasteiger partial charge is 0.465 e. The zero-order chi connectivity index (χ0) is 26.9. The van der Waals surface area contributed by atoms with Crippen LogP contribution in [0.5, 0.6) is 0 Å². The summed E-state index contributed by atoms with van der Waals surface area (Å²) < 4.78 is 18.4. The summed E-state index contributed by atoms with van der Waals surface area (Å²) in [5, 5.41) is 23.7. The number of nitrogens with one attached hydrogen (secondary N) is 2. The number of hydrogen-bond donors (Lipinski definition) is 3. The van der Waals surface area contributed by atoms with Crippen molar-refractivity contribution in [2.45, 2.75) is 49.7 Å². The molecule has 2 amide bonds. The molecule has 2 heterocycles.